The van der Waals surface area contributed by atoms with Gasteiger partial charge in [-0.05, 0) is 38.0 Å². The predicted molar refractivity (Wildman–Crippen MR) is 152 cm³/mol. The maximum absolute atomic E-state index is 14.3. The maximum atomic E-state index is 14.3. The van der Waals surface area contributed by atoms with Gasteiger partial charge in [0.25, 0.3) is 5.91 Å². The lowest BCUT2D eigenvalue weighted by molar-refractivity contribution is -0.166. The molecule has 3 aromatic rings. The normalized spacial score (nSPS) is 23.3. The molecule has 1 aromatic heterocycles. The standard InChI is InChI=1S/C31H38N4O5/c1-4-40-28-21(10-7-12-25(28)38-3)23-19-35-26(36)20-34(14-8-13-33-15-17-39-18-16-33)30(37)31(35,2)29-27(23)22-9-5-6-11-24(22)32-29/h5-7,9-12,23,32H,4,8,13-20H2,1-3H3/t23-,31-/m0/s1. The van der Waals surface area contributed by atoms with Crippen molar-refractivity contribution in [1.29, 1.82) is 0 Å². The number of H-pyrrole nitrogens is 1. The van der Waals surface area contributed by atoms with Crippen LogP contribution in [0.4, 0.5) is 0 Å². The minimum absolute atomic E-state index is 0.0315. The minimum Gasteiger partial charge on any atom is -0.493 e. The number of carbonyl (C=O) groups is 2. The van der Waals surface area contributed by atoms with Crippen LogP contribution < -0.4 is 9.47 Å². The molecule has 0 saturated carbocycles. The van der Waals surface area contributed by atoms with E-state index in [4.69, 9.17) is 14.2 Å². The monoisotopic (exact) mass is 546 g/mol. The summed E-state index contributed by atoms with van der Waals surface area (Å²) in [5.41, 5.74) is 2.60. The Morgan fingerprint density at radius 2 is 1.88 bits per heavy atom. The molecular formula is C31H38N4O5. The molecule has 6 rings (SSSR count). The van der Waals surface area contributed by atoms with Crippen molar-refractivity contribution in [2.45, 2.75) is 31.7 Å². The van der Waals surface area contributed by atoms with Crippen LogP contribution in [-0.2, 0) is 19.9 Å². The Labute approximate surface area is 235 Å². The lowest BCUT2D eigenvalue weighted by atomic mass is 9.76. The Morgan fingerprint density at radius 3 is 2.65 bits per heavy atom. The van der Waals surface area contributed by atoms with Gasteiger partial charge < -0.3 is 29.0 Å². The molecule has 0 spiro atoms. The second-order valence-electron chi connectivity index (χ2n) is 10.9. The van der Waals surface area contributed by atoms with Crippen LogP contribution >= 0.6 is 0 Å². The van der Waals surface area contributed by atoms with Gasteiger partial charge in [0.15, 0.2) is 17.0 Å². The van der Waals surface area contributed by atoms with E-state index in [2.05, 4.69) is 16.0 Å². The van der Waals surface area contributed by atoms with Gasteiger partial charge in [-0.1, -0.05) is 30.3 Å². The summed E-state index contributed by atoms with van der Waals surface area (Å²) in [5, 5.41) is 1.05. The van der Waals surface area contributed by atoms with Gasteiger partial charge in [0, 0.05) is 55.1 Å². The van der Waals surface area contributed by atoms with Crippen LogP contribution in [0.3, 0.4) is 0 Å². The Balaban J connectivity index is 1.40. The quantitative estimate of drug-likeness (QED) is 0.467. The fourth-order valence-electron chi connectivity index (χ4n) is 6.71. The summed E-state index contributed by atoms with van der Waals surface area (Å²) < 4.78 is 17.2. The Bertz CT molecular complexity index is 1410. The SMILES string of the molecule is CCOc1c(OC)cccc1[C@@H]1CN2C(=O)CN(CCCN3CCOCC3)C(=O)[C@]2(C)c2[nH]c3ccccc3c21. The van der Waals surface area contributed by atoms with Crippen LogP contribution in [0.25, 0.3) is 10.9 Å². The fourth-order valence-corrected chi connectivity index (χ4v) is 6.71. The Kier molecular flexibility index (Phi) is 7.18. The van der Waals surface area contributed by atoms with Gasteiger partial charge in [0.05, 0.1) is 39.2 Å². The number of methoxy groups -OCH3 is 1. The van der Waals surface area contributed by atoms with Crippen molar-refractivity contribution in [3.05, 3.63) is 59.3 Å². The van der Waals surface area contributed by atoms with Crippen LogP contribution in [0.2, 0.25) is 0 Å². The van der Waals surface area contributed by atoms with Gasteiger partial charge in [-0.3, -0.25) is 14.5 Å². The number of aromatic nitrogens is 1. The number of ether oxygens (including phenoxy) is 3. The van der Waals surface area contributed by atoms with E-state index in [0.717, 1.165) is 67.0 Å². The molecule has 2 atom stereocenters. The lowest BCUT2D eigenvalue weighted by Gasteiger charge is -2.51. The molecule has 0 aliphatic carbocycles. The third kappa shape index (κ3) is 4.32. The van der Waals surface area contributed by atoms with Crippen LogP contribution in [0.5, 0.6) is 11.5 Å². The van der Waals surface area contributed by atoms with E-state index in [-0.39, 0.29) is 24.3 Å². The molecule has 2 fully saturated rings. The molecule has 0 radical (unpaired) electrons. The van der Waals surface area contributed by atoms with Gasteiger partial charge in [0.1, 0.15) is 0 Å². The van der Waals surface area contributed by atoms with Crippen molar-refractivity contribution in [2.24, 2.45) is 0 Å². The number of para-hydroxylation sites is 2. The van der Waals surface area contributed by atoms with Crippen molar-refractivity contribution in [1.82, 2.24) is 19.7 Å². The van der Waals surface area contributed by atoms with E-state index < -0.39 is 5.54 Å². The van der Waals surface area contributed by atoms with E-state index in [9.17, 15) is 9.59 Å². The largest absolute Gasteiger partial charge is 0.493 e. The third-order valence-electron chi connectivity index (χ3n) is 8.72. The van der Waals surface area contributed by atoms with Crippen LogP contribution in [0.1, 0.15) is 43.0 Å². The molecule has 40 heavy (non-hydrogen) atoms. The molecule has 1 N–H and O–H groups in total. The topological polar surface area (TPSA) is 87.3 Å². The number of rotatable bonds is 8. The number of hydrogen-bond acceptors (Lipinski definition) is 6. The number of aromatic amines is 1. The zero-order valence-electron chi connectivity index (χ0n) is 23.6. The number of nitrogens with one attached hydrogen (secondary N) is 1. The van der Waals surface area contributed by atoms with Crippen LogP contribution in [-0.4, -0.2) is 97.7 Å². The lowest BCUT2D eigenvalue weighted by Crippen LogP contribution is -2.67. The Hall–Kier alpha value is -3.56. The highest BCUT2D eigenvalue weighted by Gasteiger charge is 2.56. The first-order chi connectivity index (χ1) is 19.5. The molecule has 2 amide bonds. The van der Waals surface area contributed by atoms with Crippen molar-refractivity contribution < 1.29 is 23.8 Å². The average molecular weight is 547 g/mol. The van der Waals surface area contributed by atoms with Gasteiger partial charge in [-0.25, -0.2) is 0 Å². The number of carbonyl (C=O) groups excluding carboxylic acids is 2. The predicted octanol–water partition coefficient (Wildman–Crippen LogP) is 3.33. The highest BCUT2D eigenvalue weighted by Crippen LogP contribution is 2.50. The van der Waals surface area contributed by atoms with E-state index in [1.54, 1.807) is 16.9 Å². The summed E-state index contributed by atoms with van der Waals surface area (Å²) in [4.78, 5) is 37.6. The summed E-state index contributed by atoms with van der Waals surface area (Å²) in [6.45, 7) is 9.56. The van der Waals surface area contributed by atoms with Gasteiger partial charge >= 0.3 is 0 Å². The third-order valence-corrected chi connectivity index (χ3v) is 8.72. The first-order valence-corrected chi connectivity index (χ1v) is 14.3. The fraction of sp³-hybridized carbons (Fsp3) is 0.484. The number of amides is 2. The number of fused-ring (bicyclic) bond motifs is 5. The van der Waals surface area contributed by atoms with E-state index >= 15 is 0 Å². The molecule has 3 aliphatic rings. The second-order valence-corrected chi connectivity index (χ2v) is 10.9. The number of hydrogen-bond donors (Lipinski definition) is 1. The highest BCUT2D eigenvalue weighted by molar-refractivity contribution is 6.01. The van der Waals surface area contributed by atoms with Gasteiger partial charge in [-0.15, -0.1) is 0 Å². The van der Waals surface area contributed by atoms with Gasteiger partial charge in [-0.2, -0.15) is 0 Å². The van der Waals surface area contributed by atoms with Crippen molar-refractivity contribution >= 4 is 22.7 Å². The summed E-state index contributed by atoms with van der Waals surface area (Å²) in [6.07, 6.45) is 0.818. The molecule has 212 valence electrons. The summed E-state index contributed by atoms with van der Waals surface area (Å²) in [7, 11) is 1.64. The highest BCUT2D eigenvalue weighted by atomic mass is 16.5. The first kappa shape index (κ1) is 26.7. The Morgan fingerprint density at radius 1 is 1.07 bits per heavy atom. The van der Waals surface area contributed by atoms with E-state index in [1.165, 1.54) is 0 Å². The first-order valence-electron chi connectivity index (χ1n) is 14.3. The molecule has 9 heteroatoms. The van der Waals surface area contributed by atoms with Gasteiger partial charge in [0.2, 0.25) is 5.91 Å². The summed E-state index contributed by atoms with van der Waals surface area (Å²) in [6, 6.07) is 14.0. The van der Waals surface area contributed by atoms with E-state index in [0.29, 0.717) is 31.2 Å². The molecule has 9 nitrogen and oxygen atoms in total. The second kappa shape index (κ2) is 10.8. The zero-order valence-corrected chi connectivity index (χ0v) is 23.6. The molecule has 2 aromatic carbocycles. The molecule has 0 bridgehead atoms. The molecule has 4 heterocycles. The molecule has 0 unspecified atom stereocenters. The van der Waals surface area contributed by atoms with Crippen LogP contribution in [0, 0.1) is 0 Å². The number of nitrogens with zero attached hydrogens (tertiary/aromatic N) is 3. The van der Waals surface area contributed by atoms with Crippen molar-refractivity contribution in [2.75, 3.05) is 66.2 Å². The van der Waals surface area contributed by atoms with E-state index in [1.807, 2.05) is 50.2 Å². The summed E-state index contributed by atoms with van der Waals surface area (Å²) in [5.74, 6) is 1.07. The zero-order chi connectivity index (χ0) is 27.9. The average Bonchev–Trinajstić information content (AvgIpc) is 3.38. The molecular weight excluding hydrogens is 508 g/mol. The number of benzene rings is 2. The number of piperazine rings is 1. The maximum Gasteiger partial charge on any atom is 0.254 e. The summed E-state index contributed by atoms with van der Waals surface area (Å²) >= 11 is 0. The van der Waals surface area contributed by atoms with Crippen molar-refractivity contribution in [3.8, 4) is 11.5 Å². The van der Waals surface area contributed by atoms with Crippen molar-refractivity contribution in [3.63, 3.8) is 0 Å². The molecule has 2 saturated heterocycles. The van der Waals surface area contributed by atoms with Crippen LogP contribution in [0.15, 0.2) is 42.5 Å². The minimum atomic E-state index is -1.12. The number of morpholine rings is 1. The molecule has 3 aliphatic heterocycles. The smallest absolute Gasteiger partial charge is 0.254 e.